The van der Waals surface area contributed by atoms with Crippen molar-refractivity contribution in [2.75, 3.05) is 0 Å². The fourth-order valence-electron chi connectivity index (χ4n) is 1.52. The van der Waals surface area contributed by atoms with E-state index in [-0.39, 0.29) is 10.9 Å². The number of carboxylic acids is 2. The van der Waals surface area contributed by atoms with Crippen LogP contribution < -0.4 is 0 Å². The number of aromatic nitrogens is 1. The first-order valence-corrected chi connectivity index (χ1v) is 4.56. The zero-order chi connectivity index (χ0) is 12.6. The summed E-state index contributed by atoms with van der Waals surface area (Å²) in [4.78, 5) is 25.4. The van der Waals surface area contributed by atoms with Crippen LogP contribution in [0.25, 0.3) is 10.9 Å². The third-order valence-corrected chi connectivity index (χ3v) is 2.23. The summed E-state index contributed by atoms with van der Waals surface area (Å²) in [5.74, 6) is -3.51. The van der Waals surface area contributed by atoms with E-state index >= 15 is 0 Å². The fourth-order valence-corrected chi connectivity index (χ4v) is 1.52. The molecule has 1 heterocycles. The minimum Gasteiger partial charge on any atom is -0.478 e. The van der Waals surface area contributed by atoms with Crippen molar-refractivity contribution in [1.82, 2.24) is 4.98 Å². The van der Waals surface area contributed by atoms with Gasteiger partial charge in [0.1, 0.15) is 11.5 Å². The number of hydrogen-bond acceptors (Lipinski definition) is 3. The summed E-state index contributed by atoms with van der Waals surface area (Å²) >= 11 is 0. The molecule has 0 atom stereocenters. The molecule has 0 bridgehead atoms. The van der Waals surface area contributed by atoms with E-state index in [1.165, 1.54) is 12.1 Å². The summed E-state index contributed by atoms with van der Waals surface area (Å²) < 4.78 is 13.5. The number of fused-ring (bicyclic) bond motifs is 1. The van der Waals surface area contributed by atoms with Crippen LogP contribution >= 0.6 is 0 Å². The molecule has 17 heavy (non-hydrogen) atoms. The molecule has 86 valence electrons. The van der Waals surface area contributed by atoms with Gasteiger partial charge in [0.15, 0.2) is 0 Å². The molecule has 2 N–H and O–H groups in total. The van der Waals surface area contributed by atoms with E-state index in [4.69, 9.17) is 10.2 Å². The highest BCUT2D eigenvalue weighted by Gasteiger charge is 2.17. The van der Waals surface area contributed by atoms with E-state index < -0.39 is 29.0 Å². The molecular formula is C11H6FNO4. The van der Waals surface area contributed by atoms with Crippen molar-refractivity contribution in [1.29, 1.82) is 0 Å². The minimum absolute atomic E-state index is 0.00213. The molecule has 2 rings (SSSR count). The Morgan fingerprint density at radius 2 is 1.88 bits per heavy atom. The third-order valence-electron chi connectivity index (χ3n) is 2.23. The Labute approximate surface area is 94.1 Å². The molecule has 5 nitrogen and oxygen atoms in total. The molecule has 0 spiro atoms. The molecule has 0 fully saturated rings. The predicted molar refractivity (Wildman–Crippen MR) is 55.6 cm³/mol. The molecule has 1 aromatic carbocycles. The Bertz CT molecular complexity index is 639. The fraction of sp³-hybridized carbons (Fsp3) is 0. The van der Waals surface area contributed by atoms with Crippen LogP contribution in [0.2, 0.25) is 0 Å². The van der Waals surface area contributed by atoms with Crippen molar-refractivity contribution in [3.05, 3.63) is 41.3 Å². The van der Waals surface area contributed by atoms with Crippen molar-refractivity contribution in [2.24, 2.45) is 0 Å². The maximum Gasteiger partial charge on any atom is 0.354 e. The summed E-state index contributed by atoms with van der Waals surface area (Å²) in [6.07, 6.45) is 0. The first-order chi connectivity index (χ1) is 8.00. The number of nitrogens with zero attached hydrogens (tertiary/aromatic N) is 1. The molecule has 0 aliphatic carbocycles. The largest absolute Gasteiger partial charge is 0.478 e. The number of halogens is 1. The number of benzene rings is 1. The molecule has 0 unspecified atom stereocenters. The Balaban J connectivity index is 2.91. The zero-order valence-corrected chi connectivity index (χ0v) is 8.35. The van der Waals surface area contributed by atoms with Crippen molar-refractivity contribution in [2.45, 2.75) is 0 Å². The second kappa shape index (κ2) is 3.82. The van der Waals surface area contributed by atoms with Gasteiger partial charge in [-0.3, -0.25) is 0 Å². The number of pyridine rings is 1. The Kier molecular flexibility index (Phi) is 2.47. The summed E-state index contributed by atoms with van der Waals surface area (Å²) in [6.45, 7) is 0. The van der Waals surface area contributed by atoms with Gasteiger partial charge in [-0.25, -0.2) is 19.0 Å². The van der Waals surface area contributed by atoms with Gasteiger partial charge in [-0.05, 0) is 18.2 Å². The molecule has 0 saturated heterocycles. The monoisotopic (exact) mass is 235 g/mol. The lowest BCUT2D eigenvalue weighted by atomic mass is 10.1. The second-order valence-electron chi connectivity index (χ2n) is 3.30. The summed E-state index contributed by atoms with van der Waals surface area (Å²) in [5, 5.41) is 17.5. The van der Waals surface area contributed by atoms with Gasteiger partial charge in [0.05, 0.1) is 16.5 Å². The predicted octanol–water partition coefficient (Wildman–Crippen LogP) is 1.77. The van der Waals surface area contributed by atoms with Crippen molar-refractivity contribution in [3.63, 3.8) is 0 Å². The average molecular weight is 235 g/mol. The molecule has 0 aliphatic heterocycles. The van der Waals surface area contributed by atoms with Gasteiger partial charge < -0.3 is 10.2 Å². The van der Waals surface area contributed by atoms with Gasteiger partial charge in [-0.2, -0.15) is 0 Å². The molecule has 1 aromatic heterocycles. The molecule has 6 heteroatoms. The number of hydrogen-bond donors (Lipinski definition) is 2. The molecular weight excluding hydrogens is 229 g/mol. The lowest BCUT2D eigenvalue weighted by molar-refractivity contribution is 0.0691. The van der Waals surface area contributed by atoms with Crippen LogP contribution in [-0.2, 0) is 0 Å². The lowest BCUT2D eigenvalue weighted by Gasteiger charge is -2.04. The van der Waals surface area contributed by atoms with E-state index in [1.54, 1.807) is 0 Å². The SMILES string of the molecule is O=C(O)c1cc(C(=O)O)c2c(F)cccc2n1. The van der Waals surface area contributed by atoms with E-state index in [9.17, 15) is 14.0 Å². The second-order valence-corrected chi connectivity index (χ2v) is 3.30. The summed E-state index contributed by atoms with van der Waals surface area (Å²) in [6, 6.07) is 4.63. The normalized spacial score (nSPS) is 10.4. The van der Waals surface area contributed by atoms with Crippen LogP contribution in [-0.4, -0.2) is 27.1 Å². The minimum atomic E-state index is -1.40. The third kappa shape index (κ3) is 1.80. The topological polar surface area (TPSA) is 87.5 Å². The lowest BCUT2D eigenvalue weighted by Crippen LogP contribution is -2.07. The van der Waals surface area contributed by atoms with Gasteiger partial charge in [-0.15, -0.1) is 0 Å². The average Bonchev–Trinajstić information content (AvgIpc) is 2.27. The Morgan fingerprint density at radius 1 is 1.18 bits per heavy atom. The van der Waals surface area contributed by atoms with Crippen molar-refractivity contribution in [3.8, 4) is 0 Å². The number of carboxylic acid groups (broad SMARTS) is 2. The van der Waals surface area contributed by atoms with Crippen molar-refractivity contribution < 1.29 is 24.2 Å². The van der Waals surface area contributed by atoms with Gasteiger partial charge >= 0.3 is 11.9 Å². The van der Waals surface area contributed by atoms with Crippen molar-refractivity contribution >= 4 is 22.8 Å². The van der Waals surface area contributed by atoms with E-state index in [0.717, 1.165) is 12.1 Å². The Hall–Kier alpha value is -2.50. The first kappa shape index (κ1) is 11.0. The molecule has 0 saturated carbocycles. The Morgan fingerprint density at radius 3 is 2.47 bits per heavy atom. The van der Waals surface area contributed by atoms with E-state index in [2.05, 4.69) is 4.98 Å². The standard InChI is InChI=1S/C11H6FNO4/c12-6-2-1-3-7-9(6)5(10(14)15)4-8(13-7)11(16)17/h1-4H,(H,14,15)(H,16,17). The quantitative estimate of drug-likeness (QED) is 0.828. The molecule has 0 radical (unpaired) electrons. The smallest absolute Gasteiger partial charge is 0.354 e. The van der Waals surface area contributed by atoms with Crippen LogP contribution in [0.4, 0.5) is 4.39 Å². The van der Waals surface area contributed by atoms with E-state index in [1.807, 2.05) is 0 Å². The highest BCUT2D eigenvalue weighted by atomic mass is 19.1. The van der Waals surface area contributed by atoms with Crippen LogP contribution in [0.15, 0.2) is 24.3 Å². The number of aromatic carboxylic acids is 2. The molecule has 2 aromatic rings. The first-order valence-electron chi connectivity index (χ1n) is 4.56. The van der Waals surface area contributed by atoms with Gasteiger partial charge in [0.25, 0.3) is 0 Å². The van der Waals surface area contributed by atoms with Gasteiger partial charge in [0.2, 0.25) is 0 Å². The van der Waals surface area contributed by atoms with Gasteiger partial charge in [-0.1, -0.05) is 6.07 Å². The van der Waals surface area contributed by atoms with Crippen LogP contribution in [0.1, 0.15) is 20.8 Å². The zero-order valence-electron chi connectivity index (χ0n) is 8.35. The number of rotatable bonds is 2. The molecule has 0 aliphatic rings. The van der Waals surface area contributed by atoms with E-state index in [0.29, 0.717) is 0 Å². The van der Waals surface area contributed by atoms with Crippen LogP contribution in [0, 0.1) is 5.82 Å². The van der Waals surface area contributed by atoms with Crippen LogP contribution in [0.5, 0.6) is 0 Å². The highest BCUT2D eigenvalue weighted by Crippen LogP contribution is 2.21. The van der Waals surface area contributed by atoms with Gasteiger partial charge in [0, 0.05) is 0 Å². The van der Waals surface area contributed by atoms with Crippen LogP contribution in [0.3, 0.4) is 0 Å². The maximum atomic E-state index is 13.5. The molecule has 0 amide bonds. The summed E-state index contributed by atoms with van der Waals surface area (Å²) in [5.41, 5.74) is -0.840. The highest BCUT2D eigenvalue weighted by molar-refractivity contribution is 6.05. The summed E-state index contributed by atoms with van der Waals surface area (Å²) in [7, 11) is 0. The number of carbonyl (C=O) groups is 2. The maximum absolute atomic E-state index is 13.5.